The number of nitrogens with one attached hydrogen (secondary N) is 2. The summed E-state index contributed by atoms with van der Waals surface area (Å²) in [6.07, 6.45) is 0.892. The summed E-state index contributed by atoms with van der Waals surface area (Å²) in [5, 5.41) is 15.4. The smallest absolute Gasteiger partial charge is 0.100 e. The highest BCUT2D eigenvalue weighted by molar-refractivity contribution is 5.76. The van der Waals surface area contributed by atoms with E-state index in [4.69, 9.17) is 5.26 Å². The molecule has 3 heteroatoms. The average molecular weight is 289 g/mol. The monoisotopic (exact) mass is 289 g/mol. The van der Waals surface area contributed by atoms with Crippen molar-refractivity contribution in [1.82, 2.24) is 0 Å². The number of para-hydroxylation sites is 1. The summed E-state index contributed by atoms with van der Waals surface area (Å²) < 4.78 is 0. The summed E-state index contributed by atoms with van der Waals surface area (Å²) >= 11 is 0. The number of rotatable bonds is 6. The maximum absolute atomic E-state index is 8.93. The summed E-state index contributed by atoms with van der Waals surface area (Å²) in [5.41, 5.74) is 4.55. The van der Waals surface area contributed by atoms with Crippen molar-refractivity contribution in [2.45, 2.75) is 13.3 Å². The summed E-state index contributed by atoms with van der Waals surface area (Å²) in [7, 11) is 0. The number of hydrogen-bond acceptors (Lipinski definition) is 3. The zero-order chi connectivity index (χ0) is 15.9. The number of hydrogen-bond donors (Lipinski definition) is 2. The molecule has 0 unspecified atom stereocenters. The summed E-state index contributed by atoms with van der Waals surface area (Å²) in [4.78, 5) is 0. The lowest BCUT2D eigenvalue weighted by Gasteiger charge is -2.16. The van der Waals surface area contributed by atoms with Gasteiger partial charge < -0.3 is 10.6 Å². The van der Waals surface area contributed by atoms with E-state index < -0.39 is 0 Å². The van der Waals surface area contributed by atoms with E-state index in [2.05, 4.69) is 36.8 Å². The zero-order valence-corrected chi connectivity index (χ0v) is 12.7. The van der Waals surface area contributed by atoms with E-state index in [-0.39, 0.29) is 0 Å². The van der Waals surface area contributed by atoms with Gasteiger partial charge in [0.15, 0.2) is 0 Å². The number of nitrogens with zero attached hydrogens (tertiary/aromatic N) is 1. The molecule has 0 aliphatic heterocycles. The maximum Gasteiger partial charge on any atom is 0.100 e. The van der Waals surface area contributed by atoms with Gasteiger partial charge in [0.05, 0.1) is 11.6 Å². The highest BCUT2D eigenvalue weighted by Crippen LogP contribution is 2.25. The summed E-state index contributed by atoms with van der Waals surface area (Å²) in [6, 6.07) is 17.4. The Hall–Kier alpha value is -2.99. The molecule has 0 heterocycles. The summed E-state index contributed by atoms with van der Waals surface area (Å²) in [6.45, 7) is 10.2. The molecule has 0 amide bonds. The van der Waals surface area contributed by atoms with Crippen LogP contribution in [0.1, 0.15) is 24.5 Å². The molecular weight excluding hydrogens is 270 g/mol. The van der Waals surface area contributed by atoms with E-state index in [1.54, 1.807) is 12.1 Å². The third-order valence-corrected chi connectivity index (χ3v) is 3.31. The molecule has 2 rings (SSSR count). The lowest BCUT2D eigenvalue weighted by atomic mass is 10.0. The van der Waals surface area contributed by atoms with Crippen LogP contribution in [0.5, 0.6) is 0 Å². The molecule has 0 saturated heterocycles. The standard InChI is InChI=1S/C19H19N3/c1-4-14(2)18-10-5-6-11-19(18)22-15(3)21-17-9-7-8-16(12-17)13-20/h5-12,21-22H,2-4H2,1H3. The van der Waals surface area contributed by atoms with Crippen LogP contribution in [-0.4, -0.2) is 0 Å². The van der Waals surface area contributed by atoms with Gasteiger partial charge in [0, 0.05) is 16.9 Å². The first-order valence-electron chi connectivity index (χ1n) is 7.14. The maximum atomic E-state index is 8.93. The minimum Gasteiger partial charge on any atom is -0.342 e. The van der Waals surface area contributed by atoms with Crippen LogP contribution in [0.2, 0.25) is 0 Å². The molecule has 2 N–H and O–H groups in total. The molecule has 3 nitrogen and oxygen atoms in total. The van der Waals surface area contributed by atoms with Crippen LogP contribution in [0.15, 0.2) is 67.5 Å². The highest BCUT2D eigenvalue weighted by atomic mass is 15.1. The van der Waals surface area contributed by atoms with Crippen LogP contribution in [0, 0.1) is 11.3 Å². The Morgan fingerprint density at radius 2 is 1.86 bits per heavy atom. The molecule has 0 aliphatic carbocycles. The summed E-state index contributed by atoms with van der Waals surface area (Å²) in [5.74, 6) is 0.645. The predicted molar refractivity (Wildman–Crippen MR) is 93.3 cm³/mol. The lowest BCUT2D eigenvalue weighted by molar-refractivity contribution is 1.24. The number of allylic oxidation sites excluding steroid dienone is 1. The van der Waals surface area contributed by atoms with Gasteiger partial charge in [0.25, 0.3) is 0 Å². The molecule has 0 aliphatic rings. The van der Waals surface area contributed by atoms with Gasteiger partial charge in [0.2, 0.25) is 0 Å². The predicted octanol–water partition coefficient (Wildman–Crippen LogP) is 4.98. The van der Waals surface area contributed by atoms with Crippen molar-refractivity contribution < 1.29 is 0 Å². The molecule has 0 radical (unpaired) electrons. The highest BCUT2D eigenvalue weighted by Gasteiger charge is 2.05. The van der Waals surface area contributed by atoms with Crippen LogP contribution in [0.4, 0.5) is 11.4 Å². The van der Waals surface area contributed by atoms with Crippen molar-refractivity contribution in [2.24, 2.45) is 0 Å². The second-order valence-electron chi connectivity index (χ2n) is 4.92. The van der Waals surface area contributed by atoms with E-state index in [0.717, 1.165) is 28.9 Å². The van der Waals surface area contributed by atoms with E-state index >= 15 is 0 Å². The molecule has 0 aromatic heterocycles. The molecule has 22 heavy (non-hydrogen) atoms. The van der Waals surface area contributed by atoms with Crippen molar-refractivity contribution in [3.05, 3.63) is 78.6 Å². The Kier molecular flexibility index (Phi) is 5.00. The van der Waals surface area contributed by atoms with Gasteiger partial charge in [-0.25, -0.2) is 0 Å². The SMILES string of the molecule is C=C(Nc1cccc(C#N)c1)Nc1ccccc1C(=C)CC. The van der Waals surface area contributed by atoms with Crippen LogP contribution in [0.3, 0.4) is 0 Å². The van der Waals surface area contributed by atoms with Gasteiger partial charge in [-0.3, -0.25) is 0 Å². The van der Waals surface area contributed by atoms with Gasteiger partial charge in [0.1, 0.15) is 5.82 Å². The normalized spacial score (nSPS) is 9.64. The second kappa shape index (κ2) is 7.14. The Morgan fingerprint density at radius 3 is 2.59 bits per heavy atom. The van der Waals surface area contributed by atoms with Gasteiger partial charge in [-0.1, -0.05) is 44.3 Å². The molecule has 2 aromatic rings. The Bertz CT molecular complexity index is 738. The topological polar surface area (TPSA) is 47.9 Å². The second-order valence-corrected chi connectivity index (χ2v) is 4.92. The van der Waals surface area contributed by atoms with E-state index in [1.165, 1.54) is 0 Å². The van der Waals surface area contributed by atoms with Crippen LogP contribution >= 0.6 is 0 Å². The fourth-order valence-corrected chi connectivity index (χ4v) is 2.13. The zero-order valence-electron chi connectivity index (χ0n) is 12.7. The molecule has 110 valence electrons. The van der Waals surface area contributed by atoms with E-state index in [1.807, 2.05) is 36.4 Å². The fraction of sp³-hybridized carbons (Fsp3) is 0.105. The van der Waals surface area contributed by atoms with Crippen molar-refractivity contribution >= 4 is 16.9 Å². The number of anilines is 2. The molecule has 0 saturated carbocycles. The fourth-order valence-electron chi connectivity index (χ4n) is 2.13. The van der Waals surface area contributed by atoms with Gasteiger partial charge in [-0.2, -0.15) is 5.26 Å². The van der Waals surface area contributed by atoms with Crippen LogP contribution in [0.25, 0.3) is 5.57 Å². The van der Waals surface area contributed by atoms with Crippen molar-refractivity contribution in [1.29, 1.82) is 5.26 Å². The Labute approximate surface area is 131 Å². The Balaban J connectivity index is 2.13. The van der Waals surface area contributed by atoms with Crippen molar-refractivity contribution in [3.8, 4) is 6.07 Å². The van der Waals surface area contributed by atoms with E-state index in [9.17, 15) is 0 Å². The van der Waals surface area contributed by atoms with Crippen molar-refractivity contribution in [3.63, 3.8) is 0 Å². The number of nitriles is 1. The molecular formula is C19H19N3. The largest absolute Gasteiger partial charge is 0.342 e. The third-order valence-electron chi connectivity index (χ3n) is 3.31. The molecule has 2 aromatic carbocycles. The van der Waals surface area contributed by atoms with Crippen molar-refractivity contribution in [2.75, 3.05) is 10.6 Å². The minimum absolute atomic E-state index is 0.609. The van der Waals surface area contributed by atoms with Crippen LogP contribution < -0.4 is 10.6 Å². The number of benzene rings is 2. The molecule has 0 bridgehead atoms. The van der Waals surface area contributed by atoms with Gasteiger partial charge in [-0.05, 0) is 36.3 Å². The third kappa shape index (κ3) is 3.77. The average Bonchev–Trinajstić information content (AvgIpc) is 2.54. The lowest BCUT2D eigenvalue weighted by Crippen LogP contribution is -2.09. The Morgan fingerprint density at radius 1 is 1.09 bits per heavy atom. The molecule has 0 spiro atoms. The van der Waals surface area contributed by atoms with Gasteiger partial charge in [-0.15, -0.1) is 0 Å². The first-order chi connectivity index (χ1) is 10.6. The molecule has 0 atom stereocenters. The first-order valence-corrected chi connectivity index (χ1v) is 7.14. The van der Waals surface area contributed by atoms with Crippen LogP contribution in [-0.2, 0) is 0 Å². The van der Waals surface area contributed by atoms with Gasteiger partial charge >= 0.3 is 0 Å². The quantitative estimate of drug-likeness (QED) is 0.788. The minimum atomic E-state index is 0.609. The van der Waals surface area contributed by atoms with E-state index in [0.29, 0.717) is 11.4 Å². The first kappa shape index (κ1) is 15.4. The molecule has 0 fully saturated rings.